The van der Waals surface area contributed by atoms with Gasteiger partial charge in [0.1, 0.15) is 0 Å². The fourth-order valence-corrected chi connectivity index (χ4v) is 2.61. The van der Waals surface area contributed by atoms with Gasteiger partial charge in [0, 0.05) is 32.6 Å². The van der Waals surface area contributed by atoms with Crippen LogP contribution in [0.1, 0.15) is 13.3 Å². The first kappa shape index (κ1) is 19.9. The molecular weight excluding hydrogens is 314 g/mol. The minimum atomic E-state index is -3.55. The molecule has 0 saturated heterocycles. The molecule has 0 bridgehead atoms. The number of hydrogen-bond acceptors (Lipinski definition) is 4. The van der Waals surface area contributed by atoms with Gasteiger partial charge in [-0.1, -0.05) is 18.2 Å². The molecule has 21 heavy (non-hydrogen) atoms. The molecule has 1 unspecified atom stereocenters. The molecule has 1 rings (SSSR count). The fourth-order valence-electron chi connectivity index (χ4n) is 1.56. The predicted molar refractivity (Wildman–Crippen MR) is 84.8 cm³/mol. The first-order chi connectivity index (χ1) is 9.38. The largest absolute Gasteiger partial charge is 0.342 e. The highest BCUT2D eigenvalue weighted by atomic mass is 35.5. The van der Waals surface area contributed by atoms with Crippen molar-refractivity contribution in [3.05, 3.63) is 30.3 Å². The molecule has 0 aromatic heterocycles. The normalized spacial score (nSPS) is 12.3. The summed E-state index contributed by atoms with van der Waals surface area (Å²) in [5.74, 6) is -0.140. The molecule has 8 heteroatoms. The monoisotopic (exact) mass is 335 g/mol. The van der Waals surface area contributed by atoms with Crippen LogP contribution in [-0.2, 0) is 14.8 Å². The van der Waals surface area contributed by atoms with Gasteiger partial charge in [0.15, 0.2) is 0 Å². The van der Waals surface area contributed by atoms with E-state index >= 15 is 0 Å². The molecule has 0 aliphatic rings. The second kappa shape index (κ2) is 8.99. The van der Waals surface area contributed by atoms with Crippen molar-refractivity contribution in [3.63, 3.8) is 0 Å². The predicted octanol–water partition coefficient (Wildman–Crippen LogP) is 0.582. The number of amides is 1. The molecular formula is C13H22ClN3O3S. The number of nitrogens with zero attached hydrogens (tertiary/aromatic N) is 1. The van der Waals surface area contributed by atoms with E-state index in [9.17, 15) is 13.2 Å². The van der Waals surface area contributed by atoms with Crippen LogP contribution in [0.25, 0.3) is 0 Å². The third kappa shape index (κ3) is 6.01. The molecule has 0 radical (unpaired) electrons. The van der Waals surface area contributed by atoms with Crippen molar-refractivity contribution in [2.75, 3.05) is 20.1 Å². The van der Waals surface area contributed by atoms with Crippen LogP contribution in [0.5, 0.6) is 0 Å². The van der Waals surface area contributed by atoms with E-state index in [2.05, 4.69) is 4.72 Å². The van der Waals surface area contributed by atoms with E-state index in [1.54, 1.807) is 25.2 Å². The van der Waals surface area contributed by atoms with Gasteiger partial charge in [0.25, 0.3) is 0 Å². The highest BCUT2D eigenvalue weighted by Crippen LogP contribution is 2.07. The number of carbonyl (C=O) groups excluding carboxylic acids is 1. The molecule has 1 aromatic rings. The van der Waals surface area contributed by atoms with Crippen molar-refractivity contribution in [1.29, 1.82) is 0 Å². The van der Waals surface area contributed by atoms with Gasteiger partial charge in [-0.15, -0.1) is 12.4 Å². The van der Waals surface area contributed by atoms with E-state index < -0.39 is 10.0 Å². The summed E-state index contributed by atoms with van der Waals surface area (Å²) in [4.78, 5) is 13.5. The highest BCUT2D eigenvalue weighted by Gasteiger charge is 2.16. The van der Waals surface area contributed by atoms with Gasteiger partial charge in [-0.05, 0) is 19.1 Å². The Labute approximate surface area is 132 Å². The van der Waals surface area contributed by atoms with Crippen molar-refractivity contribution in [2.45, 2.75) is 24.3 Å². The topological polar surface area (TPSA) is 92.5 Å². The lowest BCUT2D eigenvalue weighted by molar-refractivity contribution is -0.131. The van der Waals surface area contributed by atoms with Crippen molar-refractivity contribution in [2.24, 2.45) is 5.73 Å². The average Bonchev–Trinajstić information content (AvgIpc) is 2.46. The standard InChI is InChI=1S/C13H21N3O3S.ClH/c1-11(10-14)16(2)13(17)8-9-15-20(18,19)12-6-4-3-5-7-12;/h3-7,11,15H,8-10,14H2,1-2H3;1H. The number of rotatable bonds is 7. The summed E-state index contributed by atoms with van der Waals surface area (Å²) in [6, 6.07) is 7.99. The zero-order chi connectivity index (χ0) is 15.2. The molecule has 1 aromatic carbocycles. The van der Waals surface area contributed by atoms with Crippen molar-refractivity contribution < 1.29 is 13.2 Å². The number of halogens is 1. The van der Waals surface area contributed by atoms with E-state index in [0.717, 1.165) is 0 Å². The third-order valence-electron chi connectivity index (χ3n) is 3.08. The second-order valence-electron chi connectivity index (χ2n) is 4.55. The van der Waals surface area contributed by atoms with Crippen LogP contribution in [0.4, 0.5) is 0 Å². The van der Waals surface area contributed by atoms with Crippen LogP contribution in [0.2, 0.25) is 0 Å². The quantitative estimate of drug-likeness (QED) is 0.762. The molecule has 1 atom stereocenters. The van der Waals surface area contributed by atoms with Crippen LogP contribution in [-0.4, -0.2) is 45.4 Å². The molecule has 0 aliphatic heterocycles. The Morgan fingerprint density at radius 1 is 1.33 bits per heavy atom. The Balaban J connectivity index is 0.00000400. The molecule has 0 spiro atoms. The Morgan fingerprint density at radius 3 is 2.43 bits per heavy atom. The van der Waals surface area contributed by atoms with E-state index in [1.807, 2.05) is 6.92 Å². The summed E-state index contributed by atoms with van der Waals surface area (Å²) in [6.45, 7) is 2.28. The molecule has 6 nitrogen and oxygen atoms in total. The van der Waals surface area contributed by atoms with E-state index in [4.69, 9.17) is 5.73 Å². The Morgan fingerprint density at radius 2 is 1.90 bits per heavy atom. The first-order valence-corrected chi connectivity index (χ1v) is 7.87. The zero-order valence-electron chi connectivity index (χ0n) is 12.2. The van der Waals surface area contributed by atoms with Gasteiger partial charge in [0.2, 0.25) is 15.9 Å². The molecule has 120 valence electrons. The van der Waals surface area contributed by atoms with E-state index in [0.29, 0.717) is 6.54 Å². The van der Waals surface area contributed by atoms with Crippen LogP contribution < -0.4 is 10.5 Å². The van der Waals surface area contributed by atoms with E-state index in [-0.39, 0.29) is 42.2 Å². The summed E-state index contributed by atoms with van der Waals surface area (Å²) >= 11 is 0. The van der Waals surface area contributed by atoms with Gasteiger partial charge in [-0.2, -0.15) is 0 Å². The maximum Gasteiger partial charge on any atom is 0.240 e. The van der Waals surface area contributed by atoms with Gasteiger partial charge >= 0.3 is 0 Å². The van der Waals surface area contributed by atoms with E-state index in [1.165, 1.54) is 17.0 Å². The third-order valence-corrected chi connectivity index (χ3v) is 4.56. The summed E-state index contributed by atoms with van der Waals surface area (Å²) < 4.78 is 26.2. The second-order valence-corrected chi connectivity index (χ2v) is 6.32. The van der Waals surface area contributed by atoms with Crippen molar-refractivity contribution >= 4 is 28.3 Å². The maximum absolute atomic E-state index is 11.9. The maximum atomic E-state index is 11.9. The zero-order valence-corrected chi connectivity index (χ0v) is 13.8. The lowest BCUT2D eigenvalue weighted by atomic mass is 10.2. The van der Waals surface area contributed by atoms with Gasteiger partial charge in [0.05, 0.1) is 4.90 Å². The smallest absolute Gasteiger partial charge is 0.240 e. The Kier molecular flexibility index (Phi) is 8.50. The molecule has 0 heterocycles. The number of nitrogens with two attached hydrogens (primary N) is 1. The lowest BCUT2D eigenvalue weighted by Gasteiger charge is -2.23. The fraction of sp³-hybridized carbons (Fsp3) is 0.462. The lowest BCUT2D eigenvalue weighted by Crippen LogP contribution is -2.41. The van der Waals surface area contributed by atoms with Crippen LogP contribution in [0, 0.1) is 0 Å². The number of likely N-dealkylation sites (N-methyl/N-ethyl adjacent to an activating group) is 1. The van der Waals surface area contributed by atoms with Crippen molar-refractivity contribution in [1.82, 2.24) is 9.62 Å². The van der Waals surface area contributed by atoms with Crippen LogP contribution in [0.15, 0.2) is 35.2 Å². The average molecular weight is 336 g/mol. The Bertz CT molecular complexity index is 537. The SMILES string of the molecule is CC(CN)N(C)C(=O)CCNS(=O)(=O)c1ccccc1.Cl. The highest BCUT2D eigenvalue weighted by molar-refractivity contribution is 7.89. The summed E-state index contributed by atoms with van der Waals surface area (Å²) in [7, 11) is -1.89. The number of hydrogen-bond donors (Lipinski definition) is 2. The molecule has 0 aliphatic carbocycles. The van der Waals surface area contributed by atoms with Gasteiger partial charge in [-0.25, -0.2) is 13.1 Å². The number of benzene rings is 1. The van der Waals surface area contributed by atoms with Gasteiger partial charge in [-0.3, -0.25) is 4.79 Å². The summed E-state index contributed by atoms with van der Waals surface area (Å²) in [5.41, 5.74) is 5.48. The van der Waals surface area contributed by atoms with Crippen LogP contribution in [0.3, 0.4) is 0 Å². The minimum Gasteiger partial charge on any atom is -0.342 e. The van der Waals surface area contributed by atoms with Crippen LogP contribution >= 0.6 is 12.4 Å². The van der Waals surface area contributed by atoms with Gasteiger partial charge < -0.3 is 10.6 Å². The number of sulfonamides is 1. The Hall–Kier alpha value is -1.15. The first-order valence-electron chi connectivity index (χ1n) is 6.39. The molecule has 1 amide bonds. The molecule has 3 N–H and O–H groups in total. The summed E-state index contributed by atoms with van der Waals surface area (Å²) in [5, 5.41) is 0. The number of nitrogens with one attached hydrogen (secondary N) is 1. The van der Waals surface area contributed by atoms with Crippen molar-refractivity contribution in [3.8, 4) is 0 Å². The molecule has 0 saturated carbocycles. The minimum absolute atomic E-state index is 0. The number of carbonyl (C=O) groups is 1. The molecule has 0 fully saturated rings. The summed E-state index contributed by atoms with van der Waals surface area (Å²) in [6.07, 6.45) is 0.104.